The van der Waals surface area contributed by atoms with Gasteiger partial charge in [-0.15, -0.1) is 0 Å². The van der Waals surface area contributed by atoms with E-state index in [0.717, 1.165) is 0 Å². The van der Waals surface area contributed by atoms with Crippen molar-refractivity contribution in [3.05, 3.63) is 77.4 Å². The Morgan fingerprint density at radius 3 is 2.67 bits per heavy atom. The number of allylic oxidation sites excluding steroid dienone is 3. The van der Waals surface area contributed by atoms with E-state index in [1.165, 1.54) is 24.3 Å². The van der Waals surface area contributed by atoms with Gasteiger partial charge in [0.05, 0.1) is 16.5 Å². The minimum atomic E-state index is -0.551. The van der Waals surface area contributed by atoms with Crippen molar-refractivity contribution in [3.63, 3.8) is 0 Å². The predicted molar refractivity (Wildman–Crippen MR) is 114 cm³/mol. The Bertz CT molecular complexity index is 1150. The molecule has 152 valence electrons. The van der Waals surface area contributed by atoms with Crippen molar-refractivity contribution < 1.29 is 13.6 Å². The molecule has 5 nitrogen and oxygen atoms in total. The van der Waals surface area contributed by atoms with Crippen LogP contribution in [0.4, 0.5) is 20.3 Å². The average molecular weight is 427 g/mol. The molecule has 0 radical (unpaired) electrons. The Hall–Kier alpha value is -3.45. The van der Waals surface area contributed by atoms with E-state index in [1.54, 1.807) is 36.4 Å². The third-order valence-electron chi connectivity index (χ3n) is 4.72. The highest BCUT2D eigenvalue weighted by atomic mass is 35.5. The van der Waals surface area contributed by atoms with Gasteiger partial charge in [0.2, 0.25) is 5.91 Å². The molecule has 1 aliphatic rings. The molecule has 1 aliphatic carbocycles. The fourth-order valence-electron chi connectivity index (χ4n) is 3.22. The lowest BCUT2D eigenvalue weighted by Crippen LogP contribution is -2.21. The van der Waals surface area contributed by atoms with E-state index >= 15 is 0 Å². The van der Waals surface area contributed by atoms with Crippen LogP contribution in [0.15, 0.2) is 66.5 Å². The molecule has 0 saturated heterocycles. The predicted octanol–water partition coefficient (Wildman–Crippen LogP) is 5.49. The van der Waals surface area contributed by atoms with Crippen LogP contribution in [0.3, 0.4) is 0 Å². The lowest BCUT2D eigenvalue weighted by molar-refractivity contribution is -0.118. The molecule has 1 atom stereocenters. The molecule has 2 aromatic carbocycles. The maximum atomic E-state index is 14.2. The van der Waals surface area contributed by atoms with Crippen molar-refractivity contribution in [1.82, 2.24) is 9.97 Å². The highest BCUT2D eigenvalue weighted by Gasteiger charge is 2.19. The molecule has 0 spiro atoms. The first kappa shape index (κ1) is 19.8. The molecule has 1 heterocycles. The van der Waals surface area contributed by atoms with Crippen molar-refractivity contribution in [2.75, 3.05) is 11.1 Å². The van der Waals surface area contributed by atoms with E-state index in [4.69, 9.17) is 17.3 Å². The highest BCUT2D eigenvalue weighted by Crippen LogP contribution is 2.33. The van der Waals surface area contributed by atoms with Gasteiger partial charge in [-0.3, -0.25) is 4.79 Å². The second-order valence-corrected chi connectivity index (χ2v) is 7.21. The van der Waals surface area contributed by atoms with Gasteiger partial charge in [0.1, 0.15) is 29.0 Å². The second-order valence-electron chi connectivity index (χ2n) is 6.81. The molecular weight excluding hydrogens is 410 g/mol. The normalized spacial score (nSPS) is 15.7. The number of H-pyrrole nitrogens is 1. The van der Waals surface area contributed by atoms with Gasteiger partial charge in [0, 0.05) is 11.3 Å². The quantitative estimate of drug-likeness (QED) is 0.516. The molecule has 0 aliphatic heterocycles. The van der Waals surface area contributed by atoms with Crippen LogP contribution in [0, 0.1) is 11.7 Å². The number of nitrogens with two attached hydrogens (primary N) is 1. The molecule has 3 aromatic rings. The van der Waals surface area contributed by atoms with Crippen LogP contribution >= 0.6 is 11.6 Å². The van der Waals surface area contributed by atoms with Crippen LogP contribution in [-0.2, 0) is 4.79 Å². The fourth-order valence-corrected chi connectivity index (χ4v) is 3.47. The topological polar surface area (TPSA) is 83.8 Å². The number of aromatic nitrogens is 2. The van der Waals surface area contributed by atoms with Crippen molar-refractivity contribution in [2.24, 2.45) is 5.92 Å². The van der Waals surface area contributed by atoms with Gasteiger partial charge in [-0.1, -0.05) is 35.9 Å². The summed E-state index contributed by atoms with van der Waals surface area (Å²) in [6.45, 7) is 0. The summed E-state index contributed by atoms with van der Waals surface area (Å²) in [6.07, 6.45) is 4.71. The summed E-state index contributed by atoms with van der Waals surface area (Å²) in [5.41, 5.74) is 7.84. The van der Waals surface area contributed by atoms with Crippen molar-refractivity contribution >= 4 is 29.0 Å². The Morgan fingerprint density at radius 1 is 1.20 bits per heavy atom. The van der Waals surface area contributed by atoms with Crippen LogP contribution in [0.5, 0.6) is 0 Å². The lowest BCUT2D eigenvalue weighted by Gasteiger charge is -2.14. The van der Waals surface area contributed by atoms with Crippen LogP contribution < -0.4 is 11.1 Å². The standard InChI is InChI=1S/C22H17ClF2N4O/c23-16-5-2-6-17(25)18(16)21-28-19(20(26)29-21)12-7-9-15(10-8-12)27-22(30)13-3-1-4-14(24)11-13/h1-2,4-11,13H,3,26H2,(H,27,30)(H,28,29). The number of nitrogen functional groups attached to an aromatic ring is 1. The number of nitrogens with one attached hydrogen (secondary N) is 2. The van der Waals surface area contributed by atoms with Crippen LogP contribution in [0.2, 0.25) is 5.02 Å². The molecule has 0 bridgehead atoms. The number of hydrogen-bond donors (Lipinski definition) is 3. The zero-order valence-corrected chi connectivity index (χ0v) is 16.4. The summed E-state index contributed by atoms with van der Waals surface area (Å²) in [5, 5.41) is 2.98. The van der Waals surface area contributed by atoms with Gasteiger partial charge in [-0.05, 0) is 42.8 Å². The van der Waals surface area contributed by atoms with E-state index in [-0.39, 0.29) is 28.1 Å². The average Bonchev–Trinajstić information content (AvgIpc) is 3.09. The number of carbonyl (C=O) groups is 1. The van der Waals surface area contributed by atoms with Gasteiger partial charge >= 0.3 is 0 Å². The molecule has 30 heavy (non-hydrogen) atoms. The van der Waals surface area contributed by atoms with Gasteiger partial charge in [-0.25, -0.2) is 13.8 Å². The van der Waals surface area contributed by atoms with Crippen molar-refractivity contribution in [3.8, 4) is 22.6 Å². The van der Waals surface area contributed by atoms with E-state index in [2.05, 4.69) is 15.3 Å². The lowest BCUT2D eigenvalue weighted by atomic mass is 9.99. The van der Waals surface area contributed by atoms with E-state index in [9.17, 15) is 13.6 Å². The van der Waals surface area contributed by atoms with Crippen molar-refractivity contribution in [2.45, 2.75) is 6.42 Å². The molecule has 4 N–H and O–H groups in total. The summed E-state index contributed by atoms with van der Waals surface area (Å²) in [4.78, 5) is 19.6. The summed E-state index contributed by atoms with van der Waals surface area (Å²) in [7, 11) is 0. The first-order valence-corrected chi connectivity index (χ1v) is 9.55. The largest absolute Gasteiger partial charge is 0.383 e. The van der Waals surface area contributed by atoms with Gasteiger partial charge < -0.3 is 16.0 Å². The first-order valence-electron chi connectivity index (χ1n) is 9.17. The molecule has 0 saturated carbocycles. The number of hydrogen-bond acceptors (Lipinski definition) is 3. The molecular formula is C22H17ClF2N4O. The van der Waals surface area contributed by atoms with Crippen LogP contribution in [0.25, 0.3) is 22.6 Å². The molecule has 1 unspecified atom stereocenters. The monoisotopic (exact) mass is 426 g/mol. The third-order valence-corrected chi connectivity index (χ3v) is 5.04. The number of anilines is 2. The Balaban J connectivity index is 1.54. The van der Waals surface area contributed by atoms with Gasteiger partial charge in [0.15, 0.2) is 0 Å². The second kappa shape index (κ2) is 8.12. The molecule has 0 fully saturated rings. The molecule has 1 amide bonds. The van der Waals surface area contributed by atoms with Crippen molar-refractivity contribution in [1.29, 1.82) is 0 Å². The number of carbonyl (C=O) groups excluding carboxylic acids is 1. The summed E-state index contributed by atoms with van der Waals surface area (Å²) in [5.74, 6) is -1.29. The molecule has 4 rings (SSSR count). The van der Waals surface area contributed by atoms with E-state index in [0.29, 0.717) is 23.4 Å². The number of halogens is 3. The fraction of sp³-hybridized carbons (Fsp3) is 0.0909. The van der Waals surface area contributed by atoms with Gasteiger partial charge in [-0.2, -0.15) is 0 Å². The molecule has 1 aromatic heterocycles. The number of aromatic amines is 1. The smallest absolute Gasteiger partial charge is 0.231 e. The number of amides is 1. The Kier molecular flexibility index (Phi) is 5.37. The minimum Gasteiger partial charge on any atom is -0.383 e. The molecule has 8 heteroatoms. The van der Waals surface area contributed by atoms with Crippen LogP contribution in [-0.4, -0.2) is 15.9 Å². The van der Waals surface area contributed by atoms with Crippen LogP contribution in [0.1, 0.15) is 6.42 Å². The van der Waals surface area contributed by atoms with E-state index in [1.807, 2.05) is 0 Å². The van der Waals surface area contributed by atoms with Gasteiger partial charge in [0.25, 0.3) is 0 Å². The Morgan fingerprint density at radius 2 is 1.97 bits per heavy atom. The first-order chi connectivity index (χ1) is 14.4. The third kappa shape index (κ3) is 3.97. The zero-order valence-electron chi connectivity index (χ0n) is 15.6. The Labute approximate surface area is 176 Å². The maximum absolute atomic E-state index is 14.2. The minimum absolute atomic E-state index is 0.141. The van der Waals surface area contributed by atoms with E-state index < -0.39 is 17.6 Å². The summed E-state index contributed by atoms with van der Waals surface area (Å²) in [6, 6.07) is 11.2. The summed E-state index contributed by atoms with van der Waals surface area (Å²) >= 11 is 6.10. The highest BCUT2D eigenvalue weighted by molar-refractivity contribution is 6.33. The number of benzene rings is 2. The summed E-state index contributed by atoms with van der Waals surface area (Å²) < 4.78 is 27.5. The number of rotatable bonds is 4. The number of imidazole rings is 1. The number of nitrogens with zero attached hydrogens (tertiary/aromatic N) is 1. The maximum Gasteiger partial charge on any atom is 0.231 e. The zero-order chi connectivity index (χ0) is 21.3. The SMILES string of the molecule is Nc1[nH]c(-c2c(F)cccc2Cl)nc1-c1ccc(NC(=O)C2C=C(F)C=CC2)cc1.